The van der Waals surface area contributed by atoms with Crippen LogP contribution in [0.3, 0.4) is 0 Å². The van der Waals surface area contributed by atoms with Crippen LogP contribution in [0.1, 0.15) is 23.2 Å². The summed E-state index contributed by atoms with van der Waals surface area (Å²) >= 11 is 12.1. The van der Waals surface area contributed by atoms with Gasteiger partial charge in [0, 0.05) is 25.9 Å². The van der Waals surface area contributed by atoms with E-state index in [0.29, 0.717) is 35.3 Å². The zero-order valence-electron chi connectivity index (χ0n) is 11.4. The predicted octanol–water partition coefficient (Wildman–Crippen LogP) is 3.07. The van der Waals surface area contributed by atoms with Crippen molar-refractivity contribution >= 4 is 34.8 Å². The molecule has 1 atom stereocenters. The number of methoxy groups -OCH3 is 1. The molecular weight excluding hydrogens is 299 g/mol. The molecule has 0 spiro atoms. The fourth-order valence-corrected chi connectivity index (χ4v) is 2.97. The Morgan fingerprint density at radius 2 is 2.25 bits per heavy atom. The van der Waals surface area contributed by atoms with E-state index in [-0.39, 0.29) is 10.9 Å². The molecule has 0 aliphatic carbocycles. The molecule has 1 aromatic carbocycles. The van der Waals surface area contributed by atoms with Crippen LogP contribution in [0.4, 0.5) is 5.69 Å². The van der Waals surface area contributed by atoms with Crippen molar-refractivity contribution in [3.63, 3.8) is 0 Å². The molecule has 2 rings (SSSR count). The minimum absolute atomic E-state index is 0.120. The smallest absolute Gasteiger partial charge is 0.255 e. The summed E-state index contributed by atoms with van der Waals surface area (Å²) in [4.78, 5) is 14.4. The van der Waals surface area contributed by atoms with Crippen LogP contribution in [-0.2, 0) is 4.74 Å². The van der Waals surface area contributed by atoms with E-state index < -0.39 is 0 Å². The van der Waals surface area contributed by atoms with Gasteiger partial charge in [-0.3, -0.25) is 4.79 Å². The Labute approximate surface area is 128 Å². The summed E-state index contributed by atoms with van der Waals surface area (Å²) in [5.74, 6) is 0.248. The topological polar surface area (TPSA) is 55.6 Å². The van der Waals surface area contributed by atoms with Crippen molar-refractivity contribution in [1.82, 2.24) is 4.90 Å². The largest absolute Gasteiger partial charge is 0.399 e. The van der Waals surface area contributed by atoms with Gasteiger partial charge in [-0.25, -0.2) is 0 Å². The number of nitrogen functional groups attached to an aromatic ring is 1. The molecule has 0 bridgehead atoms. The summed E-state index contributed by atoms with van der Waals surface area (Å²) < 4.78 is 5.17. The summed E-state index contributed by atoms with van der Waals surface area (Å²) in [6.07, 6.45) is 2.04. The van der Waals surface area contributed by atoms with Gasteiger partial charge in [-0.05, 0) is 30.9 Å². The van der Waals surface area contributed by atoms with Crippen molar-refractivity contribution in [3.05, 3.63) is 27.7 Å². The van der Waals surface area contributed by atoms with Crippen molar-refractivity contribution in [3.8, 4) is 0 Å². The van der Waals surface area contributed by atoms with Crippen molar-refractivity contribution in [2.75, 3.05) is 32.5 Å². The normalized spacial score (nSPS) is 19.1. The Morgan fingerprint density at radius 1 is 1.50 bits per heavy atom. The van der Waals surface area contributed by atoms with Crippen LogP contribution in [0.15, 0.2) is 12.1 Å². The molecule has 6 heteroatoms. The van der Waals surface area contributed by atoms with E-state index >= 15 is 0 Å². The third-order valence-corrected chi connectivity index (χ3v) is 4.29. The molecule has 1 unspecified atom stereocenters. The zero-order chi connectivity index (χ0) is 14.7. The number of carbonyl (C=O) groups excluding carboxylic acids is 1. The number of rotatable bonds is 3. The lowest BCUT2D eigenvalue weighted by Gasteiger charge is -2.32. The molecule has 2 N–H and O–H groups in total. The molecule has 0 aromatic heterocycles. The van der Waals surface area contributed by atoms with Gasteiger partial charge in [-0.2, -0.15) is 0 Å². The van der Waals surface area contributed by atoms with Crippen LogP contribution in [0.25, 0.3) is 0 Å². The zero-order valence-corrected chi connectivity index (χ0v) is 12.9. The van der Waals surface area contributed by atoms with Gasteiger partial charge < -0.3 is 15.4 Å². The highest BCUT2D eigenvalue weighted by Gasteiger charge is 2.26. The Bertz CT molecular complexity index is 506. The number of ether oxygens (including phenoxy) is 1. The molecule has 1 heterocycles. The molecule has 20 heavy (non-hydrogen) atoms. The van der Waals surface area contributed by atoms with Crippen molar-refractivity contribution in [2.45, 2.75) is 12.8 Å². The third kappa shape index (κ3) is 3.37. The van der Waals surface area contributed by atoms with Gasteiger partial charge in [0.25, 0.3) is 5.91 Å². The SMILES string of the molecule is COCC1CCCN(C(=O)c2cc(N)cc(Cl)c2Cl)C1. The fourth-order valence-electron chi connectivity index (χ4n) is 2.56. The summed E-state index contributed by atoms with van der Waals surface area (Å²) in [5, 5.41) is 0.570. The lowest BCUT2D eigenvalue weighted by Crippen LogP contribution is -2.41. The number of nitrogens with zero attached hydrogens (tertiary/aromatic N) is 1. The van der Waals surface area contributed by atoms with Gasteiger partial charge in [0.2, 0.25) is 0 Å². The van der Waals surface area contributed by atoms with Crippen molar-refractivity contribution < 1.29 is 9.53 Å². The van der Waals surface area contributed by atoms with Gasteiger partial charge >= 0.3 is 0 Å². The van der Waals surface area contributed by atoms with E-state index in [2.05, 4.69) is 0 Å². The number of amides is 1. The molecule has 0 radical (unpaired) electrons. The summed E-state index contributed by atoms with van der Waals surface area (Å²) in [6.45, 7) is 2.06. The maximum atomic E-state index is 12.6. The first kappa shape index (κ1) is 15.4. The van der Waals surface area contributed by atoms with E-state index in [1.165, 1.54) is 0 Å². The number of carbonyl (C=O) groups is 1. The van der Waals surface area contributed by atoms with E-state index in [0.717, 1.165) is 19.4 Å². The van der Waals surface area contributed by atoms with Crippen LogP contribution < -0.4 is 5.73 Å². The predicted molar refractivity (Wildman–Crippen MR) is 81.4 cm³/mol. The number of halogens is 2. The highest BCUT2D eigenvalue weighted by Crippen LogP contribution is 2.30. The van der Waals surface area contributed by atoms with Gasteiger partial charge in [-0.1, -0.05) is 23.2 Å². The molecule has 0 saturated carbocycles. The number of nitrogens with two attached hydrogens (primary N) is 1. The monoisotopic (exact) mass is 316 g/mol. The van der Waals surface area contributed by atoms with Gasteiger partial charge in [0.05, 0.1) is 22.2 Å². The highest BCUT2D eigenvalue weighted by molar-refractivity contribution is 6.44. The lowest BCUT2D eigenvalue weighted by molar-refractivity contribution is 0.0571. The summed E-state index contributed by atoms with van der Waals surface area (Å²) in [6, 6.07) is 3.13. The molecule has 1 fully saturated rings. The summed E-state index contributed by atoms with van der Waals surface area (Å²) in [5.41, 5.74) is 6.55. The molecule has 110 valence electrons. The number of benzene rings is 1. The molecule has 1 aliphatic heterocycles. The number of hydrogen-bond donors (Lipinski definition) is 1. The molecule has 1 amide bonds. The fraction of sp³-hybridized carbons (Fsp3) is 0.500. The standard InChI is InChI=1S/C14H18Cl2N2O2/c1-20-8-9-3-2-4-18(7-9)14(19)11-5-10(17)6-12(15)13(11)16/h5-6,9H,2-4,7-8,17H2,1H3. The van der Waals surface area contributed by atoms with Crippen LogP contribution in [0.5, 0.6) is 0 Å². The second-order valence-electron chi connectivity index (χ2n) is 5.08. The second-order valence-corrected chi connectivity index (χ2v) is 5.86. The first-order chi connectivity index (χ1) is 9.52. The Morgan fingerprint density at radius 3 is 2.95 bits per heavy atom. The molecule has 1 aliphatic rings. The van der Waals surface area contributed by atoms with Crippen LogP contribution in [0.2, 0.25) is 10.0 Å². The van der Waals surface area contributed by atoms with E-state index in [1.54, 1.807) is 24.1 Å². The van der Waals surface area contributed by atoms with Crippen LogP contribution in [-0.4, -0.2) is 37.6 Å². The second kappa shape index (κ2) is 6.66. The van der Waals surface area contributed by atoms with Gasteiger partial charge in [-0.15, -0.1) is 0 Å². The maximum Gasteiger partial charge on any atom is 0.255 e. The van der Waals surface area contributed by atoms with Gasteiger partial charge in [0.15, 0.2) is 0 Å². The van der Waals surface area contributed by atoms with Crippen molar-refractivity contribution in [1.29, 1.82) is 0 Å². The number of hydrogen-bond acceptors (Lipinski definition) is 3. The first-order valence-corrected chi connectivity index (χ1v) is 7.31. The highest BCUT2D eigenvalue weighted by atomic mass is 35.5. The number of piperidine rings is 1. The minimum atomic E-state index is -0.120. The number of anilines is 1. The molecular formula is C14H18Cl2N2O2. The van der Waals surface area contributed by atoms with E-state index in [9.17, 15) is 4.79 Å². The van der Waals surface area contributed by atoms with Crippen molar-refractivity contribution in [2.24, 2.45) is 5.92 Å². The molecule has 4 nitrogen and oxygen atoms in total. The Kier molecular flexibility index (Phi) is 5.13. The minimum Gasteiger partial charge on any atom is -0.399 e. The van der Waals surface area contributed by atoms with Crippen LogP contribution in [0, 0.1) is 5.92 Å². The van der Waals surface area contributed by atoms with E-state index in [4.69, 9.17) is 33.7 Å². The Balaban J connectivity index is 2.19. The lowest BCUT2D eigenvalue weighted by atomic mass is 9.98. The first-order valence-electron chi connectivity index (χ1n) is 6.55. The molecule has 1 aromatic rings. The quantitative estimate of drug-likeness (QED) is 0.872. The third-order valence-electron chi connectivity index (χ3n) is 3.49. The van der Waals surface area contributed by atoms with Gasteiger partial charge in [0.1, 0.15) is 0 Å². The molecule has 1 saturated heterocycles. The summed E-state index contributed by atoms with van der Waals surface area (Å²) in [7, 11) is 1.68. The number of likely N-dealkylation sites (tertiary alicyclic amines) is 1. The average Bonchev–Trinajstić information content (AvgIpc) is 2.43. The Hall–Kier alpha value is -0.970. The average molecular weight is 317 g/mol. The van der Waals surface area contributed by atoms with Crippen LogP contribution >= 0.6 is 23.2 Å². The maximum absolute atomic E-state index is 12.6. The van der Waals surface area contributed by atoms with E-state index in [1.807, 2.05) is 0 Å².